The van der Waals surface area contributed by atoms with Crippen molar-refractivity contribution in [1.29, 1.82) is 0 Å². The summed E-state index contributed by atoms with van der Waals surface area (Å²) in [5.74, 6) is 0.578. The van der Waals surface area contributed by atoms with Crippen molar-refractivity contribution in [1.82, 2.24) is 30.9 Å². The molecule has 1 amide bonds. The van der Waals surface area contributed by atoms with Crippen LogP contribution >= 0.6 is 11.3 Å². The molecule has 3 rings (SSSR count). The zero-order valence-corrected chi connectivity index (χ0v) is 12.5. The molecule has 3 aromatic rings. The predicted molar refractivity (Wildman–Crippen MR) is 81.9 cm³/mol. The Balaban J connectivity index is 1.48. The van der Waals surface area contributed by atoms with Crippen LogP contribution in [0.2, 0.25) is 0 Å². The van der Waals surface area contributed by atoms with E-state index in [9.17, 15) is 4.79 Å². The Morgan fingerprint density at radius 1 is 1.27 bits per heavy atom. The van der Waals surface area contributed by atoms with Crippen molar-refractivity contribution in [3.05, 3.63) is 46.4 Å². The maximum Gasteiger partial charge on any atom is 0.220 e. The number of tetrazole rings is 1. The normalized spacial score (nSPS) is 10.5. The molecule has 0 saturated carbocycles. The predicted octanol–water partition coefficient (Wildman–Crippen LogP) is 1.57. The molecular weight excluding hydrogens is 300 g/mol. The van der Waals surface area contributed by atoms with Crippen LogP contribution < -0.4 is 5.32 Å². The Labute approximate surface area is 130 Å². The summed E-state index contributed by atoms with van der Waals surface area (Å²) < 4.78 is 0. The number of benzene rings is 1. The zero-order chi connectivity index (χ0) is 15.2. The lowest BCUT2D eigenvalue weighted by atomic mass is 10.1. The monoisotopic (exact) mass is 314 g/mol. The highest BCUT2D eigenvalue weighted by Gasteiger charge is 2.05. The summed E-state index contributed by atoms with van der Waals surface area (Å²) in [5.41, 5.74) is 4.64. The number of nitrogens with zero attached hydrogens (tertiary/aromatic N) is 4. The number of aromatic nitrogens is 5. The van der Waals surface area contributed by atoms with Gasteiger partial charge in [-0.1, -0.05) is 24.3 Å². The quantitative estimate of drug-likeness (QED) is 0.720. The van der Waals surface area contributed by atoms with Crippen molar-refractivity contribution < 1.29 is 4.79 Å². The number of hydrogen-bond acceptors (Lipinski definition) is 6. The van der Waals surface area contributed by atoms with Gasteiger partial charge in [0.2, 0.25) is 11.7 Å². The number of hydrogen-bond donors (Lipinski definition) is 2. The van der Waals surface area contributed by atoms with E-state index in [2.05, 4.69) is 30.9 Å². The van der Waals surface area contributed by atoms with Crippen LogP contribution in [0, 0.1) is 0 Å². The Kier molecular flexibility index (Phi) is 4.50. The fraction of sp³-hybridized carbons (Fsp3) is 0.214. The summed E-state index contributed by atoms with van der Waals surface area (Å²) in [5, 5.41) is 18.6. The first-order valence-corrected chi connectivity index (χ1v) is 7.72. The van der Waals surface area contributed by atoms with Gasteiger partial charge in [-0.05, 0) is 17.2 Å². The van der Waals surface area contributed by atoms with Crippen LogP contribution in [-0.4, -0.2) is 31.5 Å². The number of amides is 1. The van der Waals surface area contributed by atoms with Crippen LogP contribution in [0.5, 0.6) is 0 Å². The lowest BCUT2D eigenvalue weighted by molar-refractivity contribution is -0.121. The van der Waals surface area contributed by atoms with E-state index in [1.165, 1.54) is 0 Å². The summed E-state index contributed by atoms with van der Waals surface area (Å²) in [6.07, 6.45) is 1.12. The van der Waals surface area contributed by atoms with Crippen molar-refractivity contribution in [2.45, 2.75) is 19.4 Å². The molecule has 0 aliphatic carbocycles. The maximum absolute atomic E-state index is 11.8. The maximum atomic E-state index is 11.8. The van der Waals surface area contributed by atoms with Crippen LogP contribution in [0.25, 0.3) is 11.4 Å². The molecule has 0 radical (unpaired) electrons. The van der Waals surface area contributed by atoms with E-state index in [0.29, 0.717) is 25.2 Å². The topological polar surface area (TPSA) is 96.5 Å². The van der Waals surface area contributed by atoms with Gasteiger partial charge < -0.3 is 5.32 Å². The second-order valence-corrected chi connectivity index (χ2v) is 5.41. The molecular formula is C14H14N6OS. The average Bonchev–Trinajstić information content (AvgIpc) is 3.24. The summed E-state index contributed by atoms with van der Waals surface area (Å²) >= 11 is 1.54. The molecule has 7 nitrogen and oxygen atoms in total. The molecule has 0 spiro atoms. The van der Waals surface area contributed by atoms with Gasteiger partial charge in [-0.15, -0.1) is 21.5 Å². The summed E-state index contributed by atoms with van der Waals surface area (Å²) in [6.45, 7) is 0.502. The molecule has 2 N–H and O–H groups in total. The van der Waals surface area contributed by atoms with Crippen molar-refractivity contribution in [3.63, 3.8) is 0 Å². The molecule has 1 aromatic carbocycles. The number of H-pyrrole nitrogens is 1. The highest BCUT2D eigenvalue weighted by molar-refractivity contribution is 7.07. The van der Waals surface area contributed by atoms with E-state index in [0.717, 1.165) is 16.8 Å². The Morgan fingerprint density at radius 2 is 2.14 bits per heavy atom. The third-order valence-corrected chi connectivity index (χ3v) is 3.77. The first-order valence-electron chi connectivity index (χ1n) is 6.78. The van der Waals surface area contributed by atoms with Gasteiger partial charge in [-0.3, -0.25) is 4.79 Å². The van der Waals surface area contributed by atoms with E-state index < -0.39 is 0 Å². The second kappa shape index (κ2) is 6.90. The van der Waals surface area contributed by atoms with Crippen LogP contribution in [0.1, 0.15) is 17.7 Å². The molecule has 0 atom stereocenters. The smallest absolute Gasteiger partial charge is 0.220 e. The molecule has 2 aromatic heterocycles. The van der Waals surface area contributed by atoms with Gasteiger partial charge >= 0.3 is 0 Å². The molecule has 0 aliphatic rings. The van der Waals surface area contributed by atoms with Crippen molar-refractivity contribution >= 4 is 17.2 Å². The molecule has 0 saturated heterocycles. The van der Waals surface area contributed by atoms with Gasteiger partial charge in [-0.2, -0.15) is 5.21 Å². The fourth-order valence-corrected chi connectivity index (χ4v) is 2.54. The molecule has 2 heterocycles. The first-order chi connectivity index (χ1) is 10.8. The highest BCUT2D eigenvalue weighted by atomic mass is 32.1. The lowest BCUT2D eigenvalue weighted by Gasteiger charge is -2.05. The summed E-state index contributed by atoms with van der Waals surface area (Å²) in [7, 11) is 0. The molecule has 0 unspecified atom stereocenters. The Hall–Kier alpha value is -2.61. The number of aryl methyl sites for hydroxylation is 1. The van der Waals surface area contributed by atoms with Gasteiger partial charge in [0.1, 0.15) is 0 Å². The largest absolute Gasteiger partial charge is 0.352 e. The first kappa shape index (κ1) is 14.3. The average molecular weight is 314 g/mol. The van der Waals surface area contributed by atoms with Crippen molar-refractivity contribution in [2.75, 3.05) is 0 Å². The second-order valence-electron chi connectivity index (χ2n) is 4.69. The number of carbonyl (C=O) groups excluding carboxylic acids is 1. The van der Waals surface area contributed by atoms with Crippen LogP contribution in [0.15, 0.2) is 35.2 Å². The van der Waals surface area contributed by atoms with Gasteiger partial charge in [0, 0.05) is 23.9 Å². The zero-order valence-electron chi connectivity index (χ0n) is 11.7. The van der Waals surface area contributed by atoms with E-state index in [1.807, 2.05) is 29.6 Å². The minimum Gasteiger partial charge on any atom is -0.352 e. The number of aromatic amines is 1. The Morgan fingerprint density at radius 3 is 2.82 bits per heavy atom. The number of nitrogens with one attached hydrogen (secondary N) is 2. The van der Waals surface area contributed by atoms with Crippen LogP contribution in [0.3, 0.4) is 0 Å². The van der Waals surface area contributed by atoms with Crippen LogP contribution in [-0.2, 0) is 17.8 Å². The SMILES string of the molecule is O=C(CCc1cscn1)NCc1ccc(-c2nn[nH]n2)cc1. The third kappa shape index (κ3) is 3.73. The summed E-state index contributed by atoms with van der Waals surface area (Å²) in [4.78, 5) is 16.0. The summed E-state index contributed by atoms with van der Waals surface area (Å²) in [6, 6.07) is 7.68. The highest BCUT2D eigenvalue weighted by Crippen LogP contribution is 2.13. The number of rotatable bonds is 6. The van der Waals surface area contributed by atoms with Crippen molar-refractivity contribution in [3.8, 4) is 11.4 Å². The minimum absolute atomic E-state index is 0.0234. The molecule has 22 heavy (non-hydrogen) atoms. The van der Waals surface area contributed by atoms with E-state index in [1.54, 1.807) is 16.8 Å². The van der Waals surface area contributed by atoms with Crippen LogP contribution in [0.4, 0.5) is 0 Å². The third-order valence-electron chi connectivity index (χ3n) is 3.14. The molecule has 0 bridgehead atoms. The number of thiazole rings is 1. The van der Waals surface area contributed by atoms with E-state index in [4.69, 9.17) is 0 Å². The molecule has 8 heteroatoms. The molecule has 0 aliphatic heterocycles. The van der Waals surface area contributed by atoms with Crippen molar-refractivity contribution in [2.24, 2.45) is 0 Å². The lowest BCUT2D eigenvalue weighted by Crippen LogP contribution is -2.23. The molecule has 0 fully saturated rings. The van der Waals surface area contributed by atoms with E-state index in [-0.39, 0.29) is 5.91 Å². The number of carbonyl (C=O) groups is 1. The van der Waals surface area contributed by atoms with E-state index >= 15 is 0 Å². The van der Waals surface area contributed by atoms with Gasteiger partial charge in [0.25, 0.3) is 0 Å². The Bertz CT molecular complexity index is 708. The minimum atomic E-state index is 0.0234. The standard InChI is InChI=1S/C14H14N6OS/c21-13(6-5-12-8-22-9-16-12)15-7-10-1-3-11(4-2-10)14-17-19-20-18-14/h1-4,8-9H,5-7H2,(H,15,21)(H,17,18,19,20). The van der Waals surface area contributed by atoms with Gasteiger partial charge in [-0.25, -0.2) is 4.98 Å². The van der Waals surface area contributed by atoms with Gasteiger partial charge in [0.05, 0.1) is 11.2 Å². The fourth-order valence-electron chi connectivity index (χ4n) is 1.95. The molecule has 112 valence electrons. The van der Waals surface area contributed by atoms with Gasteiger partial charge in [0.15, 0.2) is 0 Å².